The van der Waals surface area contributed by atoms with Crippen LogP contribution < -0.4 is 10.6 Å². The zero-order valence-electron chi connectivity index (χ0n) is 14.5. The Morgan fingerprint density at radius 3 is 2.62 bits per heavy atom. The quantitative estimate of drug-likeness (QED) is 0.863. The highest BCUT2D eigenvalue weighted by atomic mass is 35.5. The number of aryl methyl sites for hydroxylation is 1. The molecule has 5 nitrogen and oxygen atoms in total. The molecule has 0 spiro atoms. The smallest absolute Gasteiger partial charge is 0.166 e. The summed E-state index contributed by atoms with van der Waals surface area (Å²) in [5.74, 6) is 1.63. The van der Waals surface area contributed by atoms with Crippen molar-refractivity contribution in [3.05, 3.63) is 41.2 Å². The molecule has 0 radical (unpaired) electrons. The molecule has 2 aromatic rings. The molecule has 1 saturated carbocycles. The van der Waals surface area contributed by atoms with Gasteiger partial charge in [0, 0.05) is 11.6 Å². The monoisotopic (exact) mass is 373 g/mol. The minimum Gasteiger partial charge on any atom is -0.365 e. The SMILES string of the molecule is Cc1ccc(F)cc1-c1cc(C#N)c(NC2C[C@H]3CNC[C@H]3C2)nn1.Cl. The maximum atomic E-state index is 13.5. The lowest BCUT2D eigenvalue weighted by atomic mass is 10.0. The number of aromatic nitrogens is 2. The van der Waals surface area contributed by atoms with Gasteiger partial charge in [0.05, 0.1) is 11.3 Å². The van der Waals surface area contributed by atoms with Crippen LogP contribution >= 0.6 is 12.4 Å². The maximum Gasteiger partial charge on any atom is 0.166 e. The Labute approximate surface area is 158 Å². The summed E-state index contributed by atoms with van der Waals surface area (Å²) in [6.45, 7) is 4.05. The summed E-state index contributed by atoms with van der Waals surface area (Å²) in [7, 11) is 0. The van der Waals surface area contributed by atoms with E-state index in [1.807, 2.05) is 6.92 Å². The highest BCUT2D eigenvalue weighted by Crippen LogP contribution is 2.36. The summed E-state index contributed by atoms with van der Waals surface area (Å²) in [6, 6.07) is 8.77. The van der Waals surface area contributed by atoms with Gasteiger partial charge in [0.25, 0.3) is 0 Å². The molecule has 1 aliphatic carbocycles. The van der Waals surface area contributed by atoms with E-state index >= 15 is 0 Å². The minimum absolute atomic E-state index is 0. The molecular weight excluding hydrogens is 353 g/mol. The van der Waals surface area contributed by atoms with Crippen molar-refractivity contribution in [3.63, 3.8) is 0 Å². The summed E-state index contributed by atoms with van der Waals surface area (Å²) in [6.07, 6.45) is 2.18. The van der Waals surface area contributed by atoms with E-state index in [-0.39, 0.29) is 18.2 Å². The molecule has 0 amide bonds. The predicted octanol–water partition coefficient (Wildman–Crippen LogP) is 3.29. The lowest BCUT2D eigenvalue weighted by Gasteiger charge is -2.15. The van der Waals surface area contributed by atoms with Crippen LogP contribution in [0.4, 0.5) is 10.2 Å². The average molecular weight is 374 g/mol. The van der Waals surface area contributed by atoms with E-state index in [1.54, 1.807) is 12.1 Å². The van der Waals surface area contributed by atoms with Crippen LogP contribution in [0.2, 0.25) is 0 Å². The number of halogens is 2. The summed E-state index contributed by atoms with van der Waals surface area (Å²) in [4.78, 5) is 0. The first-order valence-electron chi connectivity index (χ1n) is 8.65. The third-order valence-corrected chi connectivity index (χ3v) is 5.39. The predicted molar refractivity (Wildman–Crippen MR) is 101 cm³/mol. The number of fused-ring (bicyclic) bond motifs is 1. The molecule has 1 aromatic carbocycles. The second kappa shape index (κ2) is 7.56. The highest BCUT2D eigenvalue weighted by molar-refractivity contribution is 5.85. The van der Waals surface area contributed by atoms with E-state index in [1.165, 1.54) is 12.1 Å². The molecule has 136 valence electrons. The van der Waals surface area contributed by atoms with Crippen LogP contribution in [0.25, 0.3) is 11.3 Å². The number of hydrogen-bond donors (Lipinski definition) is 2. The lowest BCUT2D eigenvalue weighted by molar-refractivity contribution is 0.494. The zero-order chi connectivity index (χ0) is 17.4. The van der Waals surface area contributed by atoms with E-state index in [0.717, 1.165) is 31.5 Å². The van der Waals surface area contributed by atoms with Crippen LogP contribution in [0.3, 0.4) is 0 Å². The van der Waals surface area contributed by atoms with Gasteiger partial charge in [0.1, 0.15) is 11.9 Å². The lowest BCUT2D eigenvalue weighted by Crippen LogP contribution is -2.21. The van der Waals surface area contributed by atoms with Gasteiger partial charge in [-0.2, -0.15) is 5.26 Å². The van der Waals surface area contributed by atoms with Crippen LogP contribution in [0.5, 0.6) is 0 Å². The van der Waals surface area contributed by atoms with Crippen molar-refractivity contribution in [2.75, 3.05) is 18.4 Å². The van der Waals surface area contributed by atoms with Crippen LogP contribution in [0.15, 0.2) is 24.3 Å². The number of hydrogen-bond acceptors (Lipinski definition) is 5. The van der Waals surface area contributed by atoms with Crippen molar-refractivity contribution >= 4 is 18.2 Å². The number of nitrogens with one attached hydrogen (secondary N) is 2. The van der Waals surface area contributed by atoms with Gasteiger partial charge in [-0.25, -0.2) is 4.39 Å². The molecule has 1 aromatic heterocycles. The molecule has 1 aliphatic heterocycles. The van der Waals surface area contributed by atoms with Crippen LogP contribution in [-0.4, -0.2) is 29.3 Å². The first kappa shape index (κ1) is 18.6. The van der Waals surface area contributed by atoms with E-state index in [9.17, 15) is 9.65 Å². The third-order valence-electron chi connectivity index (χ3n) is 5.39. The second-order valence-corrected chi connectivity index (χ2v) is 7.05. The first-order valence-corrected chi connectivity index (χ1v) is 8.65. The topological polar surface area (TPSA) is 73.6 Å². The van der Waals surface area contributed by atoms with Crippen molar-refractivity contribution in [2.45, 2.75) is 25.8 Å². The number of rotatable bonds is 3. The Bertz CT molecular complexity index is 838. The van der Waals surface area contributed by atoms with Gasteiger partial charge in [-0.05, 0) is 68.5 Å². The fourth-order valence-corrected chi connectivity index (χ4v) is 4.06. The zero-order valence-corrected chi connectivity index (χ0v) is 15.3. The summed E-state index contributed by atoms with van der Waals surface area (Å²) in [5.41, 5.74) is 2.53. The molecule has 2 fully saturated rings. The van der Waals surface area contributed by atoms with Gasteiger partial charge in [0.2, 0.25) is 0 Å². The molecular formula is C19H21ClFN5. The summed E-state index contributed by atoms with van der Waals surface area (Å²) < 4.78 is 13.5. The molecule has 1 saturated heterocycles. The van der Waals surface area contributed by atoms with Crippen molar-refractivity contribution in [3.8, 4) is 17.3 Å². The molecule has 3 atom stereocenters. The largest absolute Gasteiger partial charge is 0.365 e. The third kappa shape index (κ3) is 3.50. The Hall–Kier alpha value is -2.23. The van der Waals surface area contributed by atoms with Gasteiger partial charge in [-0.15, -0.1) is 22.6 Å². The molecule has 2 N–H and O–H groups in total. The Morgan fingerprint density at radius 1 is 1.19 bits per heavy atom. The van der Waals surface area contributed by atoms with Crippen molar-refractivity contribution in [2.24, 2.45) is 11.8 Å². The molecule has 7 heteroatoms. The minimum atomic E-state index is -0.325. The molecule has 1 unspecified atom stereocenters. The standard InChI is InChI=1S/C19H20FN5.ClH/c1-11-2-3-15(20)7-17(11)18-6-12(8-21)19(25-24-18)23-16-4-13-9-22-10-14(13)5-16;/h2-3,6-7,13-14,16,22H,4-5,9-10H2,1H3,(H,23,25);1H/t13-,14+,16?;. The number of nitrogens with zero attached hydrogens (tertiary/aromatic N) is 3. The first-order chi connectivity index (χ1) is 12.1. The summed E-state index contributed by atoms with van der Waals surface area (Å²) in [5, 5.41) is 24.8. The number of benzene rings is 1. The van der Waals surface area contributed by atoms with Gasteiger partial charge >= 0.3 is 0 Å². The molecule has 2 heterocycles. The second-order valence-electron chi connectivity index (χ2n) is 7.05. The Morgan fingerprint density at radius 2 is 1.92 bits per heavy atom. The Kier molecular flexibility index (Phi) is 5.40. The van der Waals surface area contributed by atoms with Gasteiger partial charge < -0.3 is 10.6 Å². The van der Waals surface area contributed by atoms with E-state index in [2.05, 4.69) is 26.9 Å². The fourth-order valence-electron chi connectivity index (χ4n) is 4.06. The normalized spacial score (nSPS) is 23.8. The molecule has 4 rings (SSSR count). The highest BCUT2D eigenvalue weighted by Gasteiger charge is 2.37. The maximum absolute atomic E-state index is 13.5. The van der Waals surface area contributed by atoms with Crippen molar-refractivity contribution in [1.29, 1.82) is 5.26 Å². The average Bonchev–Trinajstić information content (AvgIpc) is 3.19. The molecule has 26 heavy (non-hydrogen) atoms. The van der Waals surface area contributed by atoms with Crippen LogP contribution in [0.1, 0.15) is 24.0 Å². The van der Waals surface area contributed by atoms with Crippen LogP contribution in [0, 0.1) is 35.9 Å². The van der Waals surface area contributed by atoms with E-state index in [4.69, 9.17) is 0 Å². The van der Waals surface area contributed by atoms with Crippen molar-refractivity contribution < 1.29 is 4.39 Å². The van der Waals surface area contributed by atoms with E-state index < -0.39 is 0 Å². The fraction of sp³-hybridized carbons (Fsp3) is 0.421. The van der Waals surface area contributed by atoms with Crippen LogP contribution in [-0.2, 0) is 0 Å². The van der Waals surface area contributed by atoms with E-state index in [0.29, 0.717) is 40.5 Å². The molecule has 0 bridgehead atoms. The van der Waals surface area contributed by atoms with Gasteiger partial charge in [0.15, 0.2) is 5.82 Å². The van der Waals surface area contributed by atoms with Gasteiger partial charge in [-0.1, -0.05) is 6.07 Å². The Balaban J connectivity index is 0.00000196. The number of nitriles is 1. The molecule has 2 aliphatic rings. The van der Waals surface area contributed by atoms with Crippen molar-refractivity contribution in [1.82, 2.24) is 15.5 Å². The summed E-state index contributed by atoms with van der Waals surface area (Å²) >= 11 is 0. The number of anilines is 1. The van der Waals surface area contributed by atoms with Gasteiger partial charge in [-0.3, -0.25) is 0 Å².